The number of nitro benzene ring substituents is 1. The lowest BCUT2D eigenvalue weighted by Gasteiger charge is -2.16. The molecule has 0 aliphatic rings. The Morgan fingerprint density at radius 1 is 1.50 bits per heavy atom. The molecule has 18 heavy (non-hydrogen) atoms. The first kappa shape index (κ1) is 14.0. The van der Waals surface area contributed by atoms with Gasteiger partial charge >= 0.3 is 0 Å². The molecule has 6 nitrogen and oxygen atoms in total. The van der Waals surface area contributed by atoms with E-state index in [4.69, 9.17) is 5.73 Å². The van der Waals surface area contributed by atoms with E-state index in [-0.39, 0.29) is 17.3 Å². The molecule has 0 radical (unpaired) electrons. The highest BCUT2D eigenvalue weighted by atomic mass is 16.6. The van der Waals surface area contributed by atoms with E-state index in [2.05, 4.69) is 0 Å². The molecule has 0 heterocycles. The van der Waals surface area contributed by atoms with Crippen molar-refractivity contribution in [2.24, 2.45) is 0 Å². The molecule has 98 valence electrons. The number of nitrogens with zero attached hydrogens (tertiary/aromatic N) is 2. The molecular formula is C12H17N3O3. The molecule has 0 atom stereocenters. The lowest BCUT2D eigenvalue weighted by atomic mass is 10.1. The Hall–Kier alpha value is -2.11. The van der Waals surface area contributed by atoms with Gasteiger partial charge in [-0.25, -0.2) is 0 Å². The summed E-state index contributed by atoms with van der Waals surface area (Å²) >= 11 is 0. The zero-order valence-corrected chi connectivity index (χ0v) is 10.5. The van der Waals surface area contributed by atoms with Crippen molar-refractivity contribution in [1.29, 1.82) is 0 Å². The fraction of sp³-hybridized carbons (Fsp3) is 0.417. The Balaban J connectivity index is 2.87. The van der Waals surface area contributed by atoms with E-state index in [0.717, 1.165) is 12.8 Å². The Kier molecular flexibility index (Phi) is 4.65. The van der Waals surface area contributed by atoms with Crippen molar-refractivity contribution >= 4 is 17.3 Å². The normalized spacial score (nSPS) is 10.1. The van der Waals surface area contributed by atoms with Crippen LogP contribution in [0.5, 0.6) is 0 Å². The zero-order valence-electron chi connectivity index (χ0n) is 10.5. The molecule has 0 aromatic heterocycles. The maximum Gasteiger partial charge on any atom is 0.292 e. The average Bonchev–Trinajstić information content (AvgIpc) is 2.34. The number of benzene rings is 1. The van der Waals surface area contributed by atoms with Crippen LogP contribution < -0.4 is 5.73 Å². The summed E-state index contributed by atoms with van der Waals surface area (Å²) in [6, 6.07) is 4.04. The molecule has 6 heteroatoms. The number of nitrogen functional groups attached to an aromatic ring is 1. The topological polar surface area (TPSA) is 89.5 Å². The molecule has 0 aliphatic heterocycles. The lowest BCUT2D eigenvalue weighted by molar-refractivity contribution is -0.383. The second kappa shape index (κ2) is 6.00. The molecule has 0 saturated heterocycles. The minimum absolute atomic E-state index is 0.00902. The Bertz CT molecular complexity index is 460. The van der Waals surface area contributed by atoms with Crippen molar-refractivity contribution in [3.8, 4) is 0 Å². The van der Waals surface area contributed by atoms with Gasteiger partial charge in [-0.15, -0.1) is 0 Å². The Morgan fingerprint density at radius 3 is 2.67 bits per heavy atom. The molecule has 2 N–H and O–H groups in total. The molecule has 1 rings (SSSR count). The second-order valence-corrected chi connectivity index (χ2v) is 4.11. The number of nitrogens with two attached hydrogens (primary N) is 1. The van der Waals surface area contributed by atoms with Gasteiger partial charge in [0.1, 0.15) is 5.69 Å². The van der Waals surface area contributed by atoms with E-state index < -0.39 is 4.92 Å². The van der Waals surface area contributed by atoms with Crippen molar-refractivity contribution in [3.05, 3.63) is 33.9 Å². The minimum atomic E-state index is -0.565. The third-order valence-corrected chi connectivity index (χ3v) is 2.66. The van der Waals surface area contributed by atoms with Gasteiger partial charge in [-0.05, 0) is 18.6 Å². The largest absolute Gasteiger partial charge is 0.393 e. The Labute approximate surface area is 106 Å². The summed E-state index contributed by atoms with van der Waals surface area (Å²) in [7, 11) is 1.70. The third kappa shape index (κ3) is 3.19. The fourth-order valence-electron chi connectivity index (χ4n) is 1.57. The zero-order chi connectivity index (χ0) is 13.7. The van der Waals surface area contributed by atoms with Gasteiger partial charge in [0, 0.05) is 25.2 Å². The van der Waals surface area contributed by atoms with Crippen LogP contribution in [0.1, 0.15) is 30.1 Å². The van der Waals surface area contributed by atoms with Crippen LogP contribution in [0.4, 0.5) is 11.4 Å². The SMILES string of the molecule is CCCCN(C)C(=O)c1ccc([N+](=O)[O-])c(N)c1. The molecule has 0 fully saturated rings. The number of carbonyl (C=O) groups is 1. The summed E-state index contributed by atoms with van der Waals surface area (Å²) in [6.07, 6.45) is 1.92. The highest BCUT2D eigenvalue weighted by molar-refractivity contribution is 5.95. The predicted molar refractivity (Wildman–Crippen MR) is 69.4 cm³/mol. The fourth-order valence-corrected chi connectivity index (χ4v) is 1.57. The van der Waals surface area contributed by atoms with Gasteiger partial charge in [0.25, 0.3) is 11.6 Å². The smallest absolute Gasteiger partial charge is 0.292 e. The summed E-state index contributed by atoms with van der Waals surface area (Å²) in [5.74, 6) is -0.176. The lowest BCUT2D eigenvalue weighted by Crippen LogP contribution is -2.27. The summed E-state index contributed by atoms with van der Waals surface area (Å²) in [4.78, 5) is 23.6. The first-order valence-electron chi connectivity index (χ1n) is 5.76. The molecule has 0 spiro atoms. The van der Waals surface area contributed by atoms with Crippen LogP contribution in [0.25, 0.3) is 0 Å². The van der Waals surface area contributed by atoms with Crippen molar-refractivity contribution in [2.45, 2.75) is 19.8 Å². The number of carbonyl (C=O) groups excluding carboxylic acids is 1. The van der Waals surface area contributed by atoms with E-state index in [1.165, 1.54) is 18.2 Å². The maximum absolute atomic E-state index is 12.0. The van der Waals surface area contributed by atoms with Gasteiger partial charge in [0.15, 0.2) is 0 Å². The summed E-state index contributed by atoms with van der Waals surface area (Å²) < 4.78 is 0. The summed E-state index contributed by atoms with van der Waals surface area (Å²) in [6.45, 7) is 2.70. The van der Waals surface area contributed by atoms with Crippen molar-refractivity contribution in [3.63, 3.8) is 0 Å². The number of anilines is 1. The minimum Gasteiger partial charge on any atom is -0.393 e. The van der Waals surface area contributed by atoms with Gasteiger partial charge in [0.05, 0.1) is 4.92 Å². The molecule has 0 unspecified atom stereocenters. The third-order valence-electron chi connectivity index (χ3n) is 2.66. The predicted octanol–water partition coefficient (Wildman–Crippen LogP) is 2.05. The highest BCUT2D eigenvalue weighted by Gasteiger charge is 2.16. The van der Waals surface area contributed by atoms with Gasteiger partial charge in [-0.3, -0.25) is 14.9 Å². The molecule has 0 bridgehead atoms. The number of rotatable bonds is 5. The standard InChI is InChI=1S/C12H17N3O3/c1-3-4-7-14(2)12(16)9-5-6-11(15(17)18)10(13)8-9/h5-6,8H,3-4,7,13H2,1-2H3. The van der Waals surface area contributed by atoms with E-state index in [9.17, 15) is 14.9 Å². The monoisotopic (exact) mass is 251 g/mol. The van der Waals surface area contributed by atoms with Crippen LogP contribution in [-0.2, 0) is 0 Å². The molecule has 1 aromatic rings. The highest BCUT2D eigenvalue weighted by Crippen LogP contribution is 2.22. The molecule has 1 aromatic carbocycles. The van der Waals surface area contributed by atoms with Crippen LogP contribution in [0.15, 0.2) is 18.2 Å². The van der Waals surface area contributed by atoms with Crippen LogP contribution in [0.3, 0.4) is 0 Å². The average molecular weight is 251 g/mol. The number of hydrogen-bond acceptors (Lipinski definition) is 4. The van der Waals surface area contributed by atoms with Crippen LogP contribution in [0.2, 0.25) is 0 Å². The van der Waals surface area contributed by atoms with E-state index in [1.807, 2.05) is 6.92 Å². The van der Waals surface area contributed by atoms with Gasteiger partial charge in [-0.1, -0.05) is 13.3 Å². The van der Waals surface area contributed by atoms with E-state index in [1.54, 1.807) is 11.9 Å². The number of amides is 1. The molecule has 0 saturated carbocycles. The van der Waals surface area contributed by atoms with Gasteiger partial charge in [0.2, 0.25) is 0 Å². The first-order chi connectivity index (χ1) is 8.47. The van der Waals surface area contributed by atoms with Gasteiger partial charge < -0.3 is 10.6 Å². The van der Waals surface area contributed by atoms with Crippen LogP contribution in [0, 0.1) is 10.1 Å². The first-order valence-corrected chi connectivity index (χ1v) is 5.76. The van der Waals surface area contributed by atoms with E-state index >= 15 is 0 Å². The van der Waals surface area contributed by atoms with Crippen molar-refractivity contribution in [2.75, 3.05) is 19.3 Å². The van der Waals surface area contributed by atoms with Crippen LogP contribution in [-0.4, -0.2) is 29.3 Å². The quantitative estimate of drug-likeness (QED) is 0.492. The number of unbranched alkanes of at least 4 members (excludes halogenated alkanes) is 1. The van der Waals surface area contributed by atoms with Crippen molar-refractivity contribution < 1.29 is 9.72 Å². The number of hydrogen-bond donors (Lipinski definition) is 1. The second-order valence-electron chi connectivity index (χ2n) is 4.11. The maximum atomic E-state index is 12.0. The van der Waals surface area contributed by atoms with Crippen LogP contribution >= 0.6 is 0 Å². The van der Waals surface area contributed by atoms with Gasteiger partial charge in [-0.2, -0.15) is 0 Å². The van der Waals surface area contributed by atoms with Crippen molar-refractivity contribution in [1.82, 2.24) is 4.90 Å². The molecule has 0 aliphatic carbocycles. The Morgan fingerprint density at radius 2 is 2.17 bits per heavy atom. The summed E-state index contributed by atoms with van der Waals surface area (Å²) in [5.41, 5.74) is 5.75. The molecular weight excluding hydrogens is 234 g/mol. The molecule has 1 amide bonds. The summed E-state index contributed by atoms with van der Waals surface area (Å²) in [5, 5.41) is 10.6. The number of nitro groups is 1. The van der Waals surface area contributed by atoms with E-state index in [0.29, 0.717) is 12.1 Å².